The van der Waals surface area contributed by atoms with Gasteiger partial charge in [0.2, 0.25) is 0 Å². The van der Waals surface area contributed by atoms with Crippen molar-refractivity contribution in [3.63, 3.8) is 0 Å². The maximum atomic E-state index is 5.80. The number of nitrogens with zero attached hydrogens (tertiary/aromatic N) is 1. The van der Waals surface area contributed by atoms with Crippen LogP contribution in [0.1, 0.15) is 37.8 Å². The highest BCUT2D eigenvalue weighted by molar-refractivity contribution is 5.80. The van der Waals surface area contributed by atoms with E-state index in [0.29, 0.717) is 12.1 Å². The molecule has 0 amide bonds. The van der Waals surface area contributed by atoms with Gasteiger partial charge >= 0.3 is 0 Å². The van der Waals surface area contributed by atoms with E-state index in [1.807, 2.05) is 0 Å². The Morgan fingerprint density at radius 2 is 2.05 bits per heavy atom. The van der Waals surface area contributed by atoms with Gasteiger partial charge in [-0.25, -0.2) is 4.99 Å². The van der Waals surface area contributed by atoms with Gasteiger partial charge in [0.05, 0.1) is 12.6 Å². The predicted molar refractivity (Wildman–Crippen MR) is 88.3 cm³/mol. The molecular weight excluding hydrogens is 276 g/mol. The normalized spacial score (nSPS) is 27.7. The van der Waals surface area contributed by atoms with Crippen LogP contribution in [0.15, 0.2) is 29.3 Å². The second-order valence-electron chi connectivity index (χ2n) is 6.19. The third kappa shape index (κ3) is 3.87. The lowest BCUT2D eigenvalue weighted by Crippen LogP contribution is -2.31. The van der Waals surface area contributed by atoms with Crippen molar-refractivity contribution in [1.82, 2.24) is 5.32 Å². The molecule has 2 heterocycles. The first-order valence-electron chi connectivity index (χ1n) is 8.41. The van der Waals surface area contributed by atoms with Gasteiger partial charge in [-0.2, -0.15) is 0 Å². The zero-order chi connectivity index (χ0) is 15.4. The predicted octanol–water partition coefficient (Wildman–Crippen LogP) is 2.70. The van der Waals surface area contributed by atoms with Gasteiger partial charge < -0.3 is 9.47 Å². The number of aliphatic imine (C=N–C) groups is 1. The van der Waals surface area contributed by atoms with Gasteiger partial charge in [0.25, 0.3) is 0 Å². The fourth-order valence-corrected chi connectivity index (χ4v) is 2.98. The summed E-state index contributed by atoms with van der Waals surface area (Å²) < 4.78 is 11.5. The molecule has 0 radical (unpaired) electrons. The van der Waals surface area contributed by atoms with E-state index in [2.05, 4.69) is 48.4 Å². The van der Waals surface area contributed by atoms with Crippen LogP contribution in [-0.4, -0.2) is 37.4 Å². The molecule has 22 heavy (non-hydrogen) atoms. The van der Waals surface area contributed by atoms with Gasteiger partial charge in [-0.3, -0.25) is 5.32 Å². The molecule has 0 saturated carbocycles. The van der Waals surface area contributed by atoms with Crippen LogP contribution in [0, 0.1) is 0 Å². The highest BCUT2D eigenvalue weighted by atomic mass is 16.5. The van der Waals surface area contributed by atoms with Crippen molar-refractivity contribution in [2.45, 2.75) is 57.8 Å². The summed E-state index contributed by atoms with van der Waals surface area (Å²) in [6, 6.07) is 9.52. The lowest BCUT2D eigenvalue weighted by molar-refractivity contribution is 0.100. The molecule has 1 fully saturated rings. The van der Waals surface area contributed by atoms with E-state index in [-0.39, 0.29) is 6.23 Å². The van der Waals surface area contributed by atoms with Gasteiger partial charge in [0, 0.05) is 18.9 Å². The minimum atomic E-state index is 0.143. The van der Waals surface area contributed by atoms with Crippen molar-refractivity contribution >= 4 is 5.90 Å². The third-order valence-corrected chi connectivity index (χ3v) is 4.42. The Balaban J connectivity index is 1.58. The summed E-state index contributed by atoms with van der Waals surface area (Å²) in [4.78, 5) is 4.61. The second kappa shape index (κ2) is 7.25. The van der Waals surface area contributed by atoms with E-state index in [1.165, 1.54) is 11.1 Å². The van der Waals surface area contributed by atoms with E-state index in [9.17, 15) is 0 Å². The summed E-state index contributed by atoms with van der Waals surface area (Å²) in [6.45, 7) is 5.91. The minimum Gasteiger partial charge on any atom is -0.478 e. The first kappa shape index (κ1) is 15.5. The average Bonchev–Trinajstić information content (AvgIpc) is 3.16. The number of hydrogen-bond acceptors (Lipinski definition) is 4. The first-order chi connectivity index (χ1) is 10.8. The molecule has 0 aromatic heterocycles. The monoisotopic (exact) mass is 302 g/mol. The largest absolute Gasteiger partial charge is 0.478 e. The van der Waals surface area contributed by atoms with Crippen molar-refractivity contribution in [3.8, 4) is 0 Å². The van der Waals surface area contributed by atoms with Crippen LogP contribution >= 0.6 is 0 Å². The molecule has 1 N–H and O–H groups in total. The maximum absolute atomic E-state index is 5.80. The third-order valence-electron chi connectivity index (χ3n) is 4.42. The van der Waals surface area contributed by atoms with Crippen molar-refractivity contribution in [3.05, 3.63) is 35.4 Å². The van der Waals surface area contributed by atoms with Crippen LogP contribution in [0.3, 0.4) is 0 Å². The van der Waals surface area contributed by atoms with Gasteiger partial charge in [-0.15, -0.1) is 0 Å². The van der Waals surface area contributed by atoms with Crippen LogP contribution in [0.25, 0.3) is 0 Å². The van der Waals surface area contributed by atoms with E-state index < -0.39 is 0 Å². The number of benzene rings is 1. The van der Waals surface area contributed by atoms with E-state index >= 15 is 0 Å². The lowest BCUT2D eigenvalue weighted by atomic mass is 10.1. The molecule has 1 saturated heterocycles. The van der Waals surface area contributed by atoms with E-state index in [1.54, 1.807) is 0 Å². The SMILES string of the molecule is CCC1COC(Cc2cccc(CC3NC(CC)CO3)c2)=N1. The van der Waals surface area contributed by atoms with Crippen LogP contribution in [0.5, 0.6) is 0 Å². The Morgan fingerprint density at radius 1 is 1.18 bits per heavy atom. The maximum Gasteiger partial charge on any atom is 0.188 e. The van der Waals surface area contributed by atoms with Crippen LogP contribution in [0.4, 0.5) is 0 Å². The van der Waals surface area contributed by atoms with Crippen LogP contribution < -0.4 is 5.32 Å². The van der Waals surface area contributed by atoms with Crippen molar-refractivity contribution in [1.29, 1.82) is 0 Å². The van der Waals surface area contributed by atoms with E-state index in [0.717, 1.165) is 44.8 Å². The average molecular weight is 302 g/mol. The molecule has 1 aromatic rings. The molecule has 3 rings (SSSR count). The van der Waals surface area contributed by atoms with Crippen LogP contribution in [-0.2, 0) is 22.3 Å². The number of hydrogen-bond donors (Lipinski definition) is 1. The van der Waals surface area contributed by atoms with Gasteiger partial charge in [0.15, 0.2) is 5.90 Å². The summed E-state index contributed by atoms with van der Waals surface area (Å²) in [7, 11) is 0. The Morgan fingerprint density at radius 3 is 2.77 bits per heavy atom. The second-order valence-corrected chi connectivity index (χ2v) is 6.19. The molecule has 120 valence electrons. The molecule has 0 bridgehead atoms. The Hall–Kier alpha value is -1.39. The minimum absolute atomic E-state index is 0.143. The quantitative estimate of drug-likeness (QED) is 0.878. The fourth-order valence-electron chi connectivity index (χ4n) is 2.98. The molecule has 2 aliphatic heterocycles. The molecule has 0 aliphatic carbocycles. The zero-order valence-electron chi connectivity index (χ0n) is 13.5. The summed E-state index contributed by atoms with van der Waals surface area (Å²) in [5.41, 5.74) is 2.57. The Kier molecular flexibility index (Phi) is 5.11. The van der Waals surface area contributed by atoms with E-state index in [4.69, 9.17) is 9.47 Å². The van der Waals surface area contributed by atoms with Crippen molar-refractivity contribution in [2.75, 3.05) is 13.2 Å². The highest BCUT2D eigenvalue weighted by Crippen LogP contribution is 2.16. The first-order valence-corrected chi connectivity index (χ1v) is 8.41. The summed E-state index contributed by atoms with van der Waals surface area (Å²) in [6.07, 6.45) is 4.01. The smallest absolute Gasteiger partial charge is 0.188 e. The van der Waals surface area contributed by atoms with Crippen LogP contribution in [0.2, 0.25) is 0 Å². The van der Waals surface area contributed by atoms with Crippen molar-refractivity contribution < 1.29 is 9.47 Å². The molecule has 0 spiro atoms. The molecule has 4 nitrogen and oxygen atoms in total. The molecule has 4 heteroatoms. The van der Waals surface area contributed by atoms with Crippen molar-refractivity contribution in [2.24, 2.45) is 4.99 Å². The Labute approximate surface area is 132 Å². The molecule has 1 aromatic carbocycles. The highest BCUT2D eigenvalue weighted by Gasteiger charge is 2.23. The number of ether oxygens (including phenoxy) is 2. The number of rotatable bonds is 6. The molecule has 2 aliphatic rings. The molecule has 3 atom stereocenters. The fraction of sp³-hybridized carbons (Fsp3) is 0.611. The summed E-state index contributed by atoms with van der Waals surface area (Å²) >= 11 is 0. The summed E-state index contributed by atoms with van der Waals surface area (Å²) in [5.74, 6) is 0.880. The molecule has 3 unspecified atom stereocenters. The summed E-state index contributed by atoms with van der Waals surface area (Å²) in [5, 5.41) is 3.52. The zero-order valence-corrected chi connectivity index (χ0v) is 13.5. The standard InChI is InChI=1S/C18H26N2O2/c1-3-15-11-21-17(19-15)9-13-6-5-7-14(8-13)10-18-20-16(4-2)12-22-18/h5-8,15-17,19H,3-4,9-12H2,1-2H3. The number of nitrogens with one attached hydrogen (secondary N) is 1. The van der Waals surface area contributed by atoms with Gasteiger partial charge in [-0.05, 0) is 24.0 Å². The Bertz CT molecular complexity index is 530. The van der Waals surface area contributed by atoms with Gasteiger partial charge in [-0.1, -0.05) is 38.1 Å². The lowest BCUT2D eigenvalue weighted by Gasteiger charge is -2.12. The molecular formula is C18H26N2O2. The van der Waals surface area contributed by atoms with Gasteiger partial charge in [0.1, 0.15) is 12.8 Å². The topological polar surface area (TPSA) is 42.8 Å².